The van der Waals surface area contributed by atoms with E-state index in [-0.39, 0.29) is 6.61 Å². The third-order valence-electron chi connectivity index (χ3n) is 1.92. The average Bonchev–Trinajstić information content (AvgIpc) is 2.06. The Hall–Kier alpha value is -0.370. The van der Waals surface area contributed by atoms with Crippen molar-refractivity contribution in [2.45, 2.75) is 51.9 Å². The van der Waals surface area contributed by atoms with Crippen LogP contribution in [0.4, 0.5) is 0 Å². The van der Waals surface area contributed by atoms with E-state index in [9.17, 15) is 4.79 Å². The molecule has 0 aliphatic rings. The standard InChI is InChI=1S/C10H20O2/c1-2-3-4-7-10(12)8-5-6-9-11/h11H,2-9H2,1H3. The lowest BCUT2D eigenvalue weighted by Crippen LogP contribution is -1.98. The first-order valence-corrected chi connectivity index (χ1v) is 4.93. The minimum Gasteiger partial charge on any atom is -0.396 e. The Balaban J connectivity index is 3.10. The summed E-state index contributed by atoms with van der Waals surface area (Å²) in [7, 11) is 0. The number of carbonyl (C=O) groups is 1. The molecule has 0 saturated carbocycles. The van der Waals surface area contributed by atoms with Crippen LogP contribution >= 0.6 is 0 Å². The Morgan fingerprint density at radius 3 is 2.17 bits per heavy atom. The zero-order valence-corrected chi connectivity index (χ0v) is 8.01. The molecule has 2 heteroatoms. The van der Waals surface area contributed by atoms with Gasteiger partial charge in [-0.3, -0.25) is 4.79 Å². The smallest absolute Gasteiger partial charge is 0.132 e. The van der Waals surface area contributed by atoms with Gasteiger partial charge in [-0.15, -0.1) is 0 Å². The van der Waals surface area contributed by atoms with Gasteiger partial charge in [0.25, 0.3) is 0 Å². The Bertz CT molecular complexity index is 98.4. The normalized spacial score (nSPS) is 10.2. The van der Waals surface area contributed by atoms with Crippen LogP contribution in [-0.2, 0) is 4.79 Å². The van der Waals surface area contributed by atoms with Crippen LogP contribution < -0.4 is 0 Å². The molecular formula is C10H20O2. The van der Waals surface area contributed by atoms with Crippen molar-refractivity contribution in [3.05, 3.63) is 0 Å². The van der Waals surface area contributed by atoms with Crippen LogP contribution in [0.2, 0.25) is 0 Å². The van der Waals surface area contributed by atoms with Crippen LogP contribution in [-0.4, -0.2) is 17.5 Å². The number of aliphatic hydroxyl groups excluding tert-OH is 1. The summed E-state index contributed by atoms with van der Waals surface area (Å²) in [5, 5.41) is 8.48. The van der Waals surface area contributed by atoms with E-state index in [0.29, 0.717) is 12.2 Å². The molecule has 0 fully saturated rings. The largest absolute Gasteiger partial charge is 0.396 e. The Kier molecular flexibility index (Phi) is 8.46. The Morgan fingerprint density at radius 2 is 1.67 bits per heavy atom. The van der Waals surface area contributed by atoms with Gasteiger partial charge < -0.3 is 5.11 Å². The molecule has 0 spiro atoms. The molecule has 0 aliphatic heterocycles. The number of hydrogen-bond acceptors (Lipinski definition) is 2. The number of hydrogen-bond donors (Lipinski definition) is 1. The van der Waals surface area contributed by atoms with Crippen LogP contribution in [0.1, 0.15) is 51.9 Å². The third-order valence-corrected chi connectivity index (χ3v) is 1.92. The lowest BCUT2D eigenvalue weighted by molar-refractivity contribution is -0.119. The summed E-state index contributed by atoms with van der Waals surface area (Å²) in [6.45, 7) is 2.35. The van der Waals surface area contributed by atoms with Crippen molar-refractivity contribution < 1.29 is 9.90 Å². The van der Waals surface area contributed by atoms with Crippen LogP contribution in [0, 0.1) is 0 Å². The number of aliphatic hydroxyl groups is 1. The summed E-state index contributed by atoms with van der Waals surface area (Å²) in [5.41, 5.74) is 0. The second-order valence-corrected chi connectivity index (χ2v) is 3.18. The van der Waals surface area contributed by atoms with Crippen LogP contribution in [0.15, 0.2) is 0 Å². The van der Waals surface area contributed by atoms with Gasteiger partial charge in [-0.2, -0.15) is 0 Å². The van der Waals surface area contributed by atoms with Crippen LogP contribution in [0.5, 0.6) is 0 Å². The molecule has 0 aromatic rings. The minimum atomic E-state index is 0.211. The third kappa shape index (κ3) is 7.73. The van der Waals surface area contributed by atoms with Crippen molar-refractivity contribution in [2.24, 2.45) is 0 Å². The highest BCUT2D eigenvalue weighted by Crippen LogP contribution is 2.04. The predicted molar refractivity (Wildman–Crippen MR) is 50.1 cm³/mol. The van der Waals surface area contributed by atoms with Crippen molar-refractivity contribution in [1.82, 2.24) is 0 Å². The van der Waals surface area contributed by atoms with Crippen LogP contribution in [0.25, 0.3) is 0 Å². The quantitative estimate of drug-likeness (QED) is 0.570. The second kappa shape index (κ2) is 8.72. The first-order chi connectivity index (χ1) is 5.81. The molecule has 0 bridgehead atoms. The van der Waals surface area contributed by atoms with E-state index in [2.05, 4.69) is 6.92 Å². The van der Waals surface area contributed by atoms with Crippen molar-refractivity contribution in [1.29, 1.82) is 0 Å². The number of Topliss-reactive ketones (excluding diaryl/α,β-unsaturated/α-hetero) is 1. The summed E-state index contributed by atoms with van der Waals surface area (Å²) in [5.74, 6) is 0.358. The van der Waals surface area contributed by atoms with E-state index in [4.69, 9.17) is 5.11 Å². The van der Waals surface area contributed by atoms with Crippen molar-refractivity contribution in [3.63, 3.8) is 0 Å². The summed E-state index contributed by atoms with van der Waals surface area (Å²) >= 11 is 0. The van der Waals surface area contributed by atoms with Gasteiger partial charge in [0.05, 0.1) is 0 Å². The highest BCUT2D eigenvalue weighted by molar-refractivity contribution is 5.78. The molecule has 1 N–H and O–H groups in total. The monoisotopic (exact) mass is 172 g/mol. The first-order valence-electron chi connectivity index (χ1n) is 4.93. The van der Waals surface area contributed by atoms with Crippen molar-refractivity contribution in [3.8, 4) is 0 Å². The van der Waals surface area contributed by atoms with E-state index >= 15 is 0 Å². The lowest BCUT2D eigenvalue weighted by Gasteiger charge is -1.98. The summed E-state index contributed by atoms with van der Waals surface area (Å²) in [4.78, 5) is 11.1. The molecular weight excluding hydrogens is 152 g/mol. The highest BCUT2D eigenvalue weighted by atomic mass is 16.2. The maximum absolute atomic E-state index is 11.1. The van der Waals surface area contributed by atoms with Gasteiger partial charge in [0.15, 0.2) is 0 Å². The Morgan fingerprint density at radius 1 is 1.08 bits per heavy atom. The van der Waals surface area contributed by atoms with Gasteiger partial charge in [-0.05, 0) is 19.3 Å². The van der Waals surface area contributed by atoms with Gasteiger partial charge in [0.2, 0.25) is 0 Å². The van der Waals surface area contributed by atoms with Gasteiger partial charge in [0, 0.05) is 19.4 Å². The summed E-state index contributed by atoms with van der Waals surface area (Å²) < 4.78 is 0. The molecule has 2 nitrogen and oxygen atoms in total. The summed E-state index contributed by atoms with van der Waals surface area (Å²) in [6, 6.07) is 0. The lowest BCUT2D eigenvalue weighted by atomic mass is 10.1. The molecule has 0 heterocycles. The van der Waals surface area contributed by atoms with Crippen molar-refractivity contribution >= 4 is 5.78 Å². The zero-order chi connectivity index (χ0) is 9.23. The summed E-state index contributed by atoms with van der Waals surface area (Å²) in [6.07, 6.45) is 6.37. The molecule has 0 saturated heterocycles. The van der Waals surface area contributed by atoms with Gasteiger partial charge in [-0.1, -0.05) is 19.8 Å². The molecule has 0 unspecified atom stereocenters. The van der Waals surface area contributed by atoms with Gasteiger partial charge >= 0.3 is 0 Å². The van der Waals surface area contributed by atoms with E-state index < -0.39 is 0 Å². The Labute approximate surface area is 75.0 Å². The van der Waals surface area contributed by atoms with E-state index in [0.717, 1.165) is 32.1 Å². The second-order valence-electron chi connectivity index (χ2n) is 3.18. The van der Waals surface area contributed by atoms with Gasteiger partial charge in [0.1, 0.15) is 5.78 Å². The average molecular weight is 172 g/mol. The molecule has 0 atom stereocenters. The first kappa shape index (κ1) is 11.6. The molecule has 0 aliphatic carbocycles. The van der Waals surface area contributed by atoms with E-state index in [1.54, 1.807) is 0 Å². The van der Waals surface area contributed by atoms with E-state index in [1.165, 1.54) is 6.42 Å². The highest BCUT2D eigenvalue weighted by Gasteiger charge is 2.00. The zero-order valence-electron chi connectivity index (χ0n) is 8.01. The van der Waals surface area contributed by atoms with Crippen LogP contribution in [0.3, 0.4) is 0 Å². The fourth-order valence-electron chi connectivity index (χ4n) is 1.13. The van der Waals surface area contributed by atoms with E-state index in [1.807, 2.05) is 0 Å². The SMILES string of the molecule is CCCCCC(=O)CCCCO. The maximum atomic E-state index is 11.1. The predicted octanol–water partition coefficient (Wildman–Crippen LogP) is 2.30. The molecule has 0 amide bonds. The minimum absolute atomic E-state index is 0.211. The molecule has 72 valence electrons. The fraction of sp³-hybridized carbons (Fsp3) is 0.900. The number of rotatable bonds is 8. The topological polar surface area (TPSA) is 37.3 Å². The maximum Gasteiger partial charge on any atom is 0.132 e. The number of ketones is 1. The molecule has 0 aromatic heterocycles. The molecule has 0 radical (unpaired) electrons. The van der Waals surface area contributed by atoms with Crippen molar-refractivity contribution in [2.75, 3.05) is 6.61 Å². The number of carbonyl (C=O) groups excluding carboxylic acids is 1. The fourth-order valence-corrected chi connectivity index (χ4v) is 1.13. The molecule has 0 rings (SSSR count). The number of unbranched alkanes of at least 4 members (excludes halogenated alkanes) is 3. The van der Waals surface area contributed by atoms with Gasteiger partial charge in [-0.25, -0.2) is 0 Å². The molecule has 0 aromatic carbocycles. The molecule has 12 heavy (non-hydrogen) atoms.